The van der Waals surface area contributed by atoms with Crippen LogP contribution in [0.15, 0.2) is 24.3 Å². The lowest BCUT2D eigenvalue weighted by molar-refractivity contribution is -0.142. The third-order valence-electron chi connectivity index (χ3n) is 5.81. The summed E-state index contributed by atoms with van der Waals surface area (Å²) in [6, 6.07) is 1.40. The summed E-state index contributed by atoms with van der Waals surface area (Å²) < 4.78 is 0. The van der Waals surface area contributed by atoms with Crippen molar-refractivity contribution in [2.24, 2.45) is 11.5 Å². The average molecular weight is 570 g/mol. The zero-order valence-corrected chi connectivity index (χ0v) is 22.7. The van der Waals surface area contributed by atoms with Crippen LogP contribution in [-0.2, 0) is 30.4 Å². The second-order valence-electron chi connectivity index (χ2n) is 9.00. The number of unbranched alkanes of at least 4 members (excludes halogenated alkanes) is 1. The Morgan fingerprint density at radius 2 is 1.41 bits per heavy atom. The van der Waals surface area contributed by atoms with E-state index in [1.165, 1.54) is 23.9 Å². The zero-order chi connectivity index (χ0) is 29.4. The molecule has 0 aliphatic rings. The van der Waals surface area contributed by atoms with Crippen molar-refractivity contribution in [1.29, 1.82) is 0 Å². The maximum absolute atomic E-state index is 13.1. The topological polar surface area (TPSA) is 234 Å². The van der Waals surface area contributed by atoms with Gasteiger partial charge in [0.25, 0.3) is 0 Å². The summed E-state index contributed by atoms with van der Waals surface area (Å²) in [5.41, 5.74) is 12.1. The monoisotopic (exact) mass is 569 g/mol. The van der Waals surface area contributed by atoms with Crippen molar-refractivity contribution in [3.8, 4) is 5.75 Å². The number of benzene rings is 1. The van der Waals surface area contributed by atoms with Crippen LogP contribution in [0.3, 0.4) is 0 Å². The van der Waals surface area contributed by atoms with E-state index < -0.39 is 60.2 Å². The van der Waals surface area contributed by atoms with Gasteiger partial charge in [-0.15, -0.1) is 0 Å². The molecule has 1 aromatic rings. The minimum absolute atomic E-state index is 0.0486. The molecule has 13 nitrogen and oxygen atoms in total. The number of phenols is 1. The molecule has 0 saturated carbocycles. The van der Waals surface area contributed by atoms with Crippen molar-refractivity contribution >= 4 is 41.4 Å². The first-order valence-electron chi connectivity index (χ1n) is 12.6. The smallest absolute Gasteiger partial charge is 0.326 e. The number of carbonyl (C=O) groups excluding carboxylic acids is 3. The molecule has 0 saturated heterocycles. The number of carbonyl (C=O) groups is 5. The van der Waals surface area contributed by atoms with E-state index in [9.17, 15) is 34.2 Å². The fourth-order valence-electron chi connectivity index (χ4n) is 3.59. The molecule has 0 spiro atoms. The maximum Gasteiger partial charge on any atom is 0.326 e. The highest BCUT2D eigenvalue weighted by molar-refractivity contribution is 7.98. The van der Waals surface area contributed by atoms with Crippen LogP contribution in [0, 0.1) is 0 Å². The number of carboxylic acids is 2. The van der Waals surface area contributed by atoms with Gasteiger partial charge in [-0.3, -0.25) is 19.2 Å². The number of hydrogen-bond acceptors (Lipinski definition) is 9. The molecule has 39 heavy (non-hydrogen) atoms. The predicted molar refractivity (Wildman–Crippen MR) is 146 cm³/mol. The number of aliphatic carboxylic acids is 2. The number of hydrogen-bond donors (Lipinski definition) is 8. The highest BCUT2D eigenvalue weighted by Crippen LogP contribution is 2.11. The molecule has 0 aromatic heterocycles. The van der Waals surface area contributed by atoms with Gasteiger partial charge in [-0.05, 0) is 74.8 Å². The predicted octanol–water partition coefficient (Wildman–Crippen LogP) is -0.452. The molecule has 1 aromatic carbocycles. The van der Waals surface area contributed by atoms with Crippen molar-refractivity contribution in [3.63, 3.8) is 0 Å². The maximum atomic E-state index is 13.1. The SMILES string of the molecule is CSCCC(NC(=O)C(CCC(=O)O)NC(=O)C(N)Cc1ccc(O)cc1)C(=O)NC(CCCCN)C(=O)O. The molecule has 0 aliphatic carbocycles. The number of rotatable bonds is 19. The lowest BCUT2D eigenvalue weighted by Crippen LogP contribution is -2.57. The van der Waals surface area contributed by atoms with E-state index in [0.29, 0.717) is 30.7 Å². The third kappa shape index (κ3) is 13.3. The van der Waals surface area contributed by atoms with Gasteiger partial charge in [0, 0.05) is 6.42 Å². The van der Waals surface area contributed by atoms with Crippen LogP contribution in [0.5, 0.6) is 5.75 Å². The standard InChI is InChI=1S/C25H39N5O8S/c1-39-13-11-19(24(36)30-20(25(37)38)4-2-3-12-26)29-23(35)18(9-10-21(32)33)28-22(34)17(27)14-15-5-7-16(31)8-6-15/h5-8,17-20,31H,2-4,9-14,26-27H2,1H3,(H,28,34)(H,29,35)(H,30,36)(H,32,33)(H,37,38). The zero-order valence-electron chi connectivity index (χ0n) is 21.9. The fourth-order valence-corrected chi connectivity index (χ4v) is 4.06. The summed E-state index contributed by atoms with van der Waals surface area (Å²) in [5, 5.41) is 35.4. The average Bonchev–Trinajstić information content (AvgIpc) is 2.88. The minimum atomic E-state index is -1.30. The van der Waals surface area contributed by atoms with Crippen molar-refractivity contribution in [1.82, 2.24) is 16.0 Å². The molecule has 10 N–H and O–H groups in total. The Morgan fingerprint density at radius 1 is 0.846 bits per heavy atom. The first kappa shape index (κ1) is 33.7. The van der Waals surface area contributed by atoms with Crippen LogP contribution in [0.2, 0.25) is 0 Å². The quantitative estimate of drug-likeness (QED) is 0.0993. The third-order valence-corrected chi connectivity index (χ3v) is 6.46. The lowest BCUT2D eigenvalue weighted by atomic mass is 10.0. The van der Waals surface area contributed by atoms with Crippen molar-refractivity contribution in [2.45, 2.75) is 69.1 Å². The van der Waals surface area contributed by atoms with Gasteiger partial charge in [0.05, 0.1) is 6.04 Å². The van der Waals surface area contributed by atoms with Crippen LogP contribution >= 0.6 is 11.8 Å². The molecule has 3 amide bonds. The van der Waals surface area contributed by atoms with Gasteiger partial charge >= 0.3 is 11.9 Å². The van der Waals surface area contributed by atoms with Gasteiger partial charge < -0.3 is 42.7 Å². The van der Waals surface area contributed by atoms with E-state index in [1.54, 1.807) is 18.4 Å². The van der Waals surface area contributed by atoms with Gasteiger partial charge in [0.2, 0.25) is 17.7 Å². The van der Waals surface area contributed by atoms with Gasteiger partial charge in [-0.2, -0.15) is 11.8 Å². The summed E-state index contributed by atoms with van der Waals surface area (Å²) in [6.45, 7) is 0.384. The Bertz CT molecular complexity index is 962. The highest BCUT2D eigenvalue weighted by atomic mass is 32.2. The Kier molecular flexibility index (Phi) is 15.6. The van der Waals surface area contributed by atoms with E-state index in [-0.39, 0.29) is 31.4 Å². The van der Waals surface area contributed by atoms with Crippen LogP contribution in [0.25, 0.3) is 0 Å². The summed E-state index contributed by atoms with van der Waals surface area (Å²) in [6.07, 6.45) is 2.62. The van der Waals surface area contributed by atoms with Crippen LogP contribution in [-0.4, -0.2) is 87.7 Å². The number of aromatic hydroxyl groups is 1. The van der Waals surface area contributed by atoms with Crippen LogP contribution < -0.4 is 27.4 Å². The Labute approximate surface area is 231 Å². The van der Waals surface area contributed by atoms with Gasteiger partial charge in [-0.25, -0.2) is 4.79 Å². The second-order valence-corrected chi connectivity index (χ2v) is 9.98. The molecule has 0 aliphatic heterocycles. The number of nitrogens with two attached hydrogens (primary N) is 2. The van der Waals surface area contributed by atoms with E-state index in [2.05, 4.69) is 16.0 Å². The highest BCUT2D eigenvalue weighted by Gasteiger charge is 2.30. The molecule has 4 atom stereocenters. The molecule has 218 valence electrons. The van der Waals surface area contributed by atoms with E-state index in [4.69, 9.17) is 16.6 Å². The minimum Gasteiger partial charge on any atom is -0.508 e. The molecule has 0 radical (unpaired) electrons. The lowest BCUT2D eigenvalue weighted by Gasteiger charge is -2.25. The number of nitrogens with one attached hydrogen (secondary N) is 3. The van der Waals surface area contributed by atoms with E-state index in [1.807, 2.05) is 0 Å². The molecule has 1 rings (SSSR count). The van der Waals surface area contributed by atoms with Gasteiger partial charge in [0.15, 0.2) is 0 Å². The molecule has 4 unspecified atom stereocenters. The van der Waals surface area contributed by atoms with E-state index in [0.717, 1.165) is 0 Å². The van der Waals surface area contributed by atoms with Crippen LogP contribution in [0.1, 0.15) is 44.1 Å². The largest absolute Gasteiger partial charge is 0.508 e. The Hall–Kier alpha value is -3.36. The summed E-state index contributed by atoms with van der Waals surface area (Å²) in [5.74, 6) is -4.09. The summed E-state index contributed by atoms with van der Waals surface area (Å²) in [4.78, 5) is 61.6. The molecular weight excluding hydrogens is 530 g/mol. The Balaban J connectivity index is 2.96. The molecular formula is C25H39N5O8S. The number of thioether (sulfide) groups is 1. The first-order valence-corrected chi connectivity index (χ1v) is 14.0. The summed E-state index contributed by atoms with van der Waals surface area (Å²) >= 11 is 1.41. The van der Waals surface area contributed by atoms with Crippen molar-refractivity contribution < 1.29 is 39.3 Å². The first-order chi connectivity index (χ1) is 18.5. The van der Waals surface area contributed by atoms with E-state index >= 15 is 0 Å². The number of amides is 3. The number of phenolic OH excluding ortho intramolecular Hbond substituents is 1. The van der Waals surface area contributed by atoms with Crippen LogP contribution in [0.4, 0.5) is 0 Å². The normalized spacial score (nSPS) is 13.9. The van der Waals surface area contributed by atoms with Crippen molar-refractivity contribution in [3.05, 3.63) is 29.8 Å². The molecule has 0 fully saturated rings. The number of carboxylic acid groups (broad SMARTS) is 2. The molecule has 0 bridgehead atoms. The molecule has 0 heterocycles. The second kappa shape index (κ2) is 18.0. The molecule has 14 heteroatoms. The van der Waals surface area contributed by atoms with Crippen molar-refractivity contribution in [2.75, 3.05) is 18.6 Å². The van der Waals surface area contributed by atoms with Gasteiger partial charge in [-0.1, -0.05) is 12.1 Å². The van der Waals surface area contributed by atoms with Gasteiger partial charge in [0.1, 0.15) is 23.9 Å². The fraction of sp³-hybridized carbons (Fsp3) is 0.560. The Morgan fingerprint density at radius 3 is 1.95 bits per heavy atom. The summed E-state index contributed by atoms with van der Waals surface area (Å²) in [7, 11) is 0.